The van der Waals surface area contributed by atoms with Gasteiger partial charge in [-0.2, -0.15) is 10.1 Å². The number of hydrogen-bond acceptors (Lipinski definition) is 6. The van der Waals surface area contributed by atoms with Gasteiger partial charge in [0.25, 0.3) is 0 Å². The molecule has 2 N–H and O–H groups in total. The van der Waals surface area contributed by atoms with E-state index in [0.717, 1.165) is 28.1 Å². The quantitative estimate of drug-likeness (QED) is 0.712. The summed E-state index contributed by atoms with van der Waals surface area (Å²) in [6.07, 6.45) is 6.11. The highest BCUT2D eigenvalue weighted by atomic mass is 79.9. The van der Waals surface area contributed by atoms with Crippen molar-refractivity contribution in [1.29, 1.82) is 0 Å². The maximum atomic E-state index is 4.55. The molecule has 8 heteroatoms. The average molecular weight is 374 g/mol. The minimum Gasteiger partial charge on any atom is -0.322 e. The number of pyridine rings is 1. The summed E-state index contributed by atoms with van der Waals surface area (Å²) < 4.78 is 0.766. The van der Waals surface area contributed by atoms with Gasteiger partial charge in [-0.15, -0.1) is 0 Å². The van der Waals surface area contributed by atoms with Gasteiger partial charge in [-0.25, -0.2) is 4.98 Å². The van der Waals surface area contributed by atoms with Gasteiger partial charge in [0.15, 0.2) is 11.6 Å². The van der Waals surface area contributed by atoms with Crippen LogP contribution in [-0.2, 0) is 6.42 Å². The molecular formula is C15H16BrN7. The van der Waals surface area contributed by atoms with Crippen molar-refractivity contribution in [2.45, 2.75) is 13.3 Å². The Hall–Kier alpha value is -2.48. The molecule has 23 heavy (non-hydrogen) atoms. The molecule has 3 aromatic heterocycles. The Morgan fingerprint density at radius 2 is 2.22 bits per heavy atom. The molecule has 0 amide bonds. The summed E-state index contributed by atoms with van der Waals surface area (Å²) in [5.41, 5.74) is 1.97. The number of nitrogens with zero attached hydrogens (tertiary/aromatic N) is 5. The molecule has 0 radical (unpaired) electrons. The van der Waals surface area contributed by atoms with Gasteiger partial charge in [0, 0.05) is 31.2 Å². The van der Waals surface area contributed by atoms with Gasteiger partial charge in [-0.3, -0.25) is 10.1 Å². The number of rotatable bonds is 5. The molecule has 0 unspecified atom stereocenters. The van der Waals surface area contributed by atoms with E-state index in [4.69, 9.17) is 0 Å². The van der Waals surface area contributed by atoms with Crippen molar-refractivity contribution in [2.24, 2.45) is 0 Å². The summed E-state index contributed by atoms with van der Waals surface area (Å²) in [6.45, 7) is 2.07. The van der Waals surface area contributed by atoms with Gasteiger partial charge in [0.05, 0.1) is 16.4 Å². The third kappa shape index (κ3) is 3.48. The highest BCUT2D eigenvalue weighted by Crippen LogP contribution is 2.26. The van der Waals surface area contributed by atoms with E-state index in [1.165, 1.54) is 0 Å². The van der Waals surface area contributed by atoms with E-state index in [-0.39, 0.29) is 0 Å². The van der Waals surface area contributed by atoms with Crippen LogP contribution in [0, 0.1) is 0 Å². The summed E-state index contributed by atoms with van der Waals surface area (Å²) in [4.78, 5) is 14.9. The van der Waals surface area contributed by atoms with E-state index < -0.39 is 0 Å². The third-order valence-electron chi connectivity index (χ3n) is 3.32. The zero-order valence-corrected chi connectivity index (χ0v) is 14.4. The topological polar surface area (TPSA) is 82.6 Å². The molecule has 0 saturated carbocycles. The van der Waals surface area contributed by atoms with Gasteiger partial charge >= 0.3 is 0 Å². The largest absolute Gasteiger partial charge is 0.322 e. The van der Waals surface area contributed by atoms with Gasteiger partial charge in [0.1, 0.15) is 0 Å². The summed E-state index contributed by atoms with van der Waals surface area (Å²) in [5.74, 6) is 1.94. The van der Waals surface area contributed by atoms with Crippen molar-refractivity contribution in [2.75, 3.05) is 17.3 Å². The highest BCUT2D eigenvalue weighted by molar-refractivity contribution is 9.10. The zero-order valence-electron chi connectivity index (χ0n) is 12.8. The van der Waals surface area contributed by atoms with E-state index in [2.05, 4.69) is 53.3 Å². The fourth-order valence-corrected chi connectivity index (χ4v) is 2.29. The molecule has 3 aromatic rings. The standard InChI is InChI=1S/C15H16BrN7/c1-3-10-7-13(22-21-10)19-14-12(16)9-18-15(20-14)23(2)11-5-4-6-17-8-11/h4-9H,3H2,1-2H3,(H2,18,19,20,21,22). The highest BCUT2D eigenvalue weighted by Gasteiger charge is 2.12. The van der Waals surface area contributed by atoms with Gasteiger partial charge < -0.3 is 10.2 Å². The summed E-state index contributed by atoms with van der Waals surface area (Å²) >= 11 is 3.46. The second-order valence-corrected chi connectivity index (χ2v) is 5.75. The van der Waals surface area contributed by atoms with Crippen LogP contribution in [0.2, 0.25) is 0 Å². The van der Waals surface area contributed by atoms with Crippen LogP contribution in [0.25, 0.3) is 0 Å². The molecule has 118 valence electrons. The summed E-state index contributed by atoms with van der Waals surface area (Å²) in [6, 6.07) is 5.78. The molecule has 0 bridgehead atoms. The number of aromatic amines is 1. The maximum absolute atomic E-state index is 4.55. The summed E-state index contributed by atoms with van der Waals surface area (Å²) in [7, 11) is 1.90. The first-order valence-corrected chi connectivity index (χ1v) is 7.94. The fraction of sp³-hybridized carbons (Fsp3) is 0.200. The van der Waals surface area contributed by atoms with Crippen LogP contribution in [0.15, 0.2) is 41.3 Å². The Morgan fingerprint density at radius 1 is 1.35 bits per heavy atom. The molecule has 0 aliphatic heterocycles. The van der Waals surface area contributed by atoms with Crippen LogP contribution >= 0.6 is 15.9 Å². The number of nitrogens with one attached hydrogen (secondary N) is 2. The maximum Gasteiger partial charge on any atom is 0.231 e. The van der Waals surface area contributed by atoms with Crippen LogP contribution in [-0.4, -0.2) is 32.2 Å². The Morgan fingerprint density at radius 3 is 2.91 bits per heavy atom. The Bertz CT molecular complexity index is 788. The normalized spacial score (nSPS) is 10.6. The first kappa shape index (κ1) is 15.4. The van der Waals surface area contributed by atoms with Crippen LogP contribution in [0.5, 0.6) is 0 Å². The molecule has 0 atom stereocenters. The van der Waals surface area contributed by atoms with Gasteiger partial charge in [-0.05, 0) is 34.5 Å². The van der Waals surface area contributed by atoms with E-state index in [1.807, 2.05) is 30.1 Å². The lowest BCUT2D eigenvalue weighted by Crippen LogP contribution is -2.14. The number of H-pyrrole nitrogens is 1. The Labute approximate surface area is 142 Å². The van der Waals surface area contributed by atoms with Crippen LogP contribution < -0.4 is 10.2 Å². The predicted octanol–water partition coefficient (Wildman–Crippen LogP) is 3.43. The van der Waals surface area contributed by atoms with E-state index in [1.54, 1.807) is 18.6 Å². The lowest BCUT2D eigenvalue weighted by molar-refractivity contribution is 0.974. The van der Waals surface area contributed by atoms with Crippen molar-refractivity contribution >= 4 is 39.2 Å². The van der Waals surface area contributed by atoms with Crippen molar-refractivity contribution in [3.63, 3.8) is 0 Å². The molecule has 0 saturated heterocycles. The number of aryl methyl sites for hydroxylation is 1. The minimum atomic E-state index is 0.565. The summed E-state index contributed by atoms with van der Waals surface area (Å²) in [5, 5.41) is 10.4. The molecule has 0 aromatic carbocycles. The van der Waals surface area contributed by atoms with Crippen molar-refractivity contribution in [3.8, 4) is 0 Å². The molecule has 3 heterocycles. The van der Waals surface area contributed by atoms with E-state index in [0.29, 0.717) is 11.8 Å². The lowest BCUT2D eigenvalue weighted by Gasteiger charge is -2.17. The fourth-order valence-electron chi connectivity index (χ4n) is 2.00. The van der Waals surface area contributed by atoms with Crippen molar-refractivity contribution in [3.05, 3.63) is 47.0 Å². The number of halogens is 1. The molecule has 3 rings (SSSR count). The number of anilines is 4. The second-order valence-electron chi connectivity index (χ2n) is 4.89. The Kier molecular flexibility index (Phi) is 4.52. The van der Waals surface area contributed by atoms with Crippen molar-refractivity contribution in [1.82, 2.24) is 25.1 Å². The van der Waals surface area contributed by atoms with Gasteiger partial charge in [-0.1, -0.05) is 6.92 Å². The number of hydrogen-bond donors (Lipinski definition) is 2. The first-order valence-electron chi connectivity index (χ1n) is 7.15. The van der Waals surface area contributed by atoms with Crippen LogP contribution in [0.1, 0.15) is 12.6 Å². The molecule has 0 fully saturated rings. The molecule has 0 aliphatic rings. The third-order valence-corrected chi connectivity index (χ3v) is 3.90. The lowest BCUT2D eigenvalue weighted by atomic mass is 10.3. The molecular weight excluding hydrogens is 358 g/mol. The predicted molar refractivity (Wildman–Crippen MR) is 93.3 cm³/mol. The average Bonchev–Trinajstić information content (AvgIpc) is 3.05. The minimum absolute atomic E-state index is 0.565. The van der Waals surface area contributed by atoms with Gasteiger partial charge in [0.2, 0.25) is 5.95 Å². The molecule has 0 aliphatic carbocycles. The second kappa shape index (κ2) is 6.74. The first-order chi connectivity index (χ1) is 11.2. The van der Waals surface area contributed by atoms with Crippen molar-refractivity contribution < 1.29 is 0 Å². The molecule has 7 nitrogen and oxygen atoms in total. The SMILES string of the molecule is CCc1cc(Nc2nc(N(C)c3cccnc3)ncc2Br)n[nH]1. The monoisotopic (exact) mass is 373 g/mol. The van der Waals surface area contributed by atoms with E-state index in [9.17, 15) is 0 Å². The van der Waals surface area contributed by atoms with E-state index >= 15 is 0 Å². The van der Waals surface area contributed by atoms with Crippen LogP contribution in [0.3, 0.4) is 0 Å². The molecule has 0 spiro atoms. The Balaban J connectivity index is 1.87. The van der Waals surface area contributed by atoms with Crippen LogP contribution in [0.4, 0.5) is 23.3 Å². The number of aromatic nitrogens is 5. The zero-order chi connectivity index (χ0) is 16.2. The smallest absolute Gasteiger partial charge is 0.231 e.